The molecule has 1 N–H and O–H groups in total. The fourth-order valence-corrected chi connectivity index (χ4v) is 1.97. The quantitative estimate of drug-likeness (QED) is 0.856. The normalized spacial score (nSPS) is 15.8. The van der Waals surface area contributed by atoms with Crippen LogP contribution >= 0.6 is 15.9 Å². The van der Waals surface area contributed by atoms with Crippen molar-refractivity contribution >= 4 is 21.7 Å². The minimum absolute atomic E-state index is 0.254. The van der Waals surface area contributed by atoms with E-state index in [4.69, 9.17) is 4.42 Å². The van der Waals surface area contributed by atoms with Crippen molar-refractivity contribution in [2.75, 3.05) is 13.1 Å². The standard InChI is InChI=1S/C10H9BrN4O2/c11-7-1-2-17-10(7)9(16)8-5-15(14-13-8)6-3-12-4-6/h1-2,5-6,12H,3-4H2. The average Bonchev–Trinajstić information content (AvgIpc) is 2.84. The van der Waals surface area contributed by atoms with Crippen LogP contribution in [0, 0.1) is 0 Å². The van der Waals surface area contributed by atoms with Crippen molar-refractivity contribution in [2.24, 2.45) is 0 Å². The van der Waals surface area contributed by atoms with E-state index in [0.29, 0.717) is 16.2 Å². The third kappa shape index (κ3) is 1.81. The van der Waals surface area contributed by atoms with Gasteiger partial charge in [-0.1, -0.05) is 5.21 Å². The number of hydrogen-bond donors (Lipinski definition) is 1. The van der Waals surface area contributed by atoms with Crippen LogP contribution in [0.15, 0.2) is 27.4 Å². The molecule has 0 bridgehead atoms. The van der Waals surface area contributed by atoms with Gasteiger partial charge in [0.05, 0.1) is 23.0 Å². The molecule has 1 saturated heterocycles. The fourth-order valence-electron chi connectivity index (χ4n) is 1.59. The van der Waals surface area contributed by atoms with Gasteiger partial charge in [-0.15, -0.1) is 5.10 Å². The highest BCUT2D eigenvalue weighted by Crippen LogP contribution is 2.20. The van der Waals surface area contributed by atoms with Crippen LogP contribution in [-0.2, 0) is 0 Å². The van der Waals surface area contributed by atoms with Gasteiger partial charge in [-0.3, -0.25) is 4.79 Å². The molecule has 6 nitrogen and oxygen atoms in total. The predicted molar refractivity (Wildman–Crippen MR) is 61.8 cm³/mol. The second-order valence-electron chi connectivity index (χ2n) is 3.82. The Hall–Kier alpha value is -1.47. The molecule has 0 saturated carbocycles. The molecule has 0 aromatic carbocycles. The molecule has 1 aliphatic rings. The molecule has 0 unspecified atom stereocenters. The summed E-state index contributed by atoms with van der Waals surface area (Å²) < 4.78 is 7.44. The number of rotatable bonds is 3. The molecule has 3 heterocycles. The van der Waals surface area contributed by atoms with E-state index in [9.17, 15) is 4.79 Å². The van der Waals surface area contributed by atoms with Crippen molar-refractivity contribution in [3.8, 4) is 0 Å². The Labute approximate surface area is 105 Å². The molecule has 2 aromatic rings. The number of furan rings is 1. The van der Waals surface area contributed by atoms with E-state index in [1.165, 1.54) is 6.26 Å². The highest BCUT2D eigenvalue weighted by atomic mass is 79.9. The number of hydrogen-bond acceptors (Lipinski definition) is 5. The number of halogens is 1. The lowest BCUT2D eigenvalue weighted by molar-refractivity contribution is 0.100. The zero-order valence-electron chi connectivity index (χ0n) is 8.76. The first kappa shape index (κ1) is 10.7. The summed E-state index contributed by atoms with van der Waals surface area (Å²) in [4.78, 5) is 12.0. The van der Waals surface area contributed by atoms with E-state index in [1.54, 1.807) is 16.9 Å². The van der Waals surface area contributed by atoms with Gasteiger partial charge in [0, 0.05) is 13.1 Å². The molecule has 7 heteroatoms. The largest absolute Gasteiger partial charge is 0.460 e. The zero-order valence-corrected chi connectivity index (χ0v) is 10.3. The molecular formula is C10H9BrN4O2. The third-order valence-corrected chi connectivity index (χ3v) is 3.32. The molecule has 0 amide bonds. The Morgan fingerprint density at radius 2 is 2.41 bits per heavy atom. The Morgan fingerprint density at radius 3 is 3.00 bits per heavy atom. The van der Waals surface area contributed by atoms with E-state index < -0.39 is 0 Å². The molecule has 0 spiro atoms. The molecular weight excluding hydrogens is 288 g/mol. The summed E-state index contributed by atoms with van der Waals surface area (Å²) in [6.07, 6.45) is 3.11. The summed E-state index contributed by atoms with van der Waals surface area (Å²) in [7, 11) is 0. The van der Waals surface area contributed by atoms with Gasteiger partial charge in [-0.2, -0.15) is 0 Å². The summed E-state index contributed by atoms with van der Waals surface area (Å²) in [6.45, 7) is 1.73. The van der Waals surface area contributed by atoms with Gasteiger partial charge in [-0.05, 0) is 22.0 Å². The van der Waals surface area contributed by atoms with Crippen molar-refractivity contribution in [1.29, 1.82) is 0 Å². The van der Waals surface area contributed by atoms with Crippen molar-refractivity contribution < 1.29 is 9.21 Å². The summed E-state index contributed by atoms with van der Waals surface area (Å²) >= 11 is 3.25. The maximum absolute atomic E-state index is 12.0. The first-order valence-electron chi connectivity index (χ1n) is 5.16. The fraction of sp³-hybridized carbons (Fsp3) is 0.300. The lowest BCUT2D eigenvalue weighted by Gasteiger charge is -2.26. The SMILES string of the molecule is O=C(c1cn(C2CNC2)nn1)c1occc1Br. The molecule has 0 radical (unpaired) electrons. The molecule has 1 fully saturated rings. The topological polar surface area (TPSA) is 73.0 Å². The average molecular weight is 297 g/mol. The van der Waals surface area contributed by atoms with Crippen molar-refractivity contribution in [3.05, 3.63) is 34.5 Å². The predicted octanol–water partition coefficient (Wildman–Crippen LogP) is 1.01. The van der Waals surface area contributed by atoms with Crippen LogP contribution in [0.3, 0.4) is 0 Å². The molecule has 3 rings (SSSR count). The van der Waals surface area contributed by atoms with Crippen LogP contribution in [0.1, 0.15) is 22.3 Å². The Kier molecular flexibility index (Phi) is 2.56. The van der Waals surface area contributed by atoms with Crippen LogP contribution < -0.4 is 5.32 Å². The van der Waals surface area contributed by atoms with Gasteiger partial charge in [0.2, 0.25) is 0 Å². The first-order chi connectivity index (χ1) is 8.25. The Bertz CT molecular complexity index is 558. The lowest BCUT2D eigenvalue weighted by Crippen LogP contribution is -2.43. The summed E-state index contributed by atoms with van der Waals surface area (Å²) in [6, 6.07) is 1.97. The highest BCUT2D eigenvalue weighted by Gasteiger charge is 2.24. The smallest absolute Gasteiger partial charge is 0.251 e. The number of nitrogens with zero attached hydrogens (tertiary/aromatic N) is 3. The van der Waals surface area contributed by atoms with Gasteiger partial charge in [0.15, 0.2) is 11.5 Å². The zero-order chi connectivity index (χ0) is 11.8. The van der Waals surface area contributed by atoms with E-state index in [-0.39, 0.29) is 11.5 Å². The Morgan fingerprint density at radius 1 is 1.59 bits per heavy atom. The van der Waals surface area contributed by atoms with Gasteiger partial charge in [0.1, 0.15) is 0 Å². The number of nitrogens with one attached hydrogen (secondary N) is 1. The second kappa shape index (κ2) is 4.08. The van der Waals surface area contributed by atoms with Crippen LogP contribution in [0.2, 0.25) is 0 Å². The third-order valence-electron chi connectivity index (χ3n) is 2.70. The number of carbonyl (C=O) groups is 1. The van der Waals surface area contributed by atoms with Gasteiger partial charge in [-0.25, -0.2) is 4.68 Å². The van der Waals surface area contributed by atoms with Gasteiger partial charge >= 0.3 is 0 Å². The number of carbonyl (C=O) groups excluding carboxylic acids is 1. The number of aromatic nitrogens is 3. The maximum atomic E-state index is 12.0. The molecule has 88 valence electrons. The van der Waals surface area contributed by atoms with Crippen LogP contribution in [-0.4, -0.2) is 33.9 Å². The lowest BCUT2D eigenvalue weighted by atomic mass is 10.2. The van der Waals surface area contributed by atoms with Crippen LogP contribution in [0.4, 0.5) is 0 Å². The highest BCUT2D eigenvalue weighted by molar-refractivity contribution is 9.10. The van der Waals surface area contributed by atoms with Crippen LogP contribution in [0.25, 0.3) is 0 Å². The molecule has 0 aliphatic carbocycles. The van der Waals surface area contributed by atoms with E-state index in [2.05, 4.69) is 31.6 Å². The summed E-state index contributed by atoms with van der Waals surface area (Å²) in [5.74, 6) is -0.0100. The maximum Gasteiger partial charge on any atom is 0.251 e. The van der Waals surface area contributed by atoms with Gasteiger partial charge in [0.25, 0.3) is 5.78 Å². The minimum atomic E-state index is -0.264. The molecule has 2 aromatic heterocycles. The second-order valence-corrected chi connectivity index (χ2v) is 4.68. The Balaban J connectivity index is 1.86. The first-order valence-corrected chi connectivity index (χ1v) is 5.95. The molecule has 17 heavy (non-hydrogen) atoms. The minimum Gasteiger partial charge on any atom is -0.460 e. The van der Waals surface area contributed by atoms with Crippen LogP contribution in [0.5, 0.6) is 0 Å². The number of ketones is 1. The summed E-state index contributed by atoms with van der Waals surface area (Å²) in [5.41, 5.74) is 0.299. The van der Waals surface area contributed by atoms with E-state index in [1.807, 2.05) is 0 Å². The van der Waals surface area contributed by atoms with Crippen molar-refractivity contribution in [1.82, 2.24) is 20.3 Å². The van der Waals surface area contributed by atoms with E-state index >= 15 is 0 Å². The summed E-state index contributed by atoms with van der Waals surface area (Å²) in [5, 5.41) is 11.0. The van der Waals surface area contributed by atoms with E-state index in [0.717, 1.165) is 13.1 Å². The van der Waals surface area contributed by atoms with Crippen molar-refractivity contribution in [3.63, 3.8) is 0 Å². The van der Waals surface area contributed by atoms with Crippen molar-refractivity contribution in [2.45, 2.75) is 6.04 Å². The molecule has 1 aliphatic heterocycles. The molecule has 0 atom stereocenters. The van der Waals surface area contributed by atoms with Gasteiger partial charge < -0.3 is 9.73 Å². The monoisotopic (exact) mass is 296 g/mol.